The smallest absolute Gasteiger partial charge is 0.271 e. The van der Waals surface area contributed by atoms with Gasteiger partial charge >= 0.3 is 0 Å². The van der Waals surface area contributed by atoms with Crippen molar-refractivity contribution in [3.63, 3.8) is 0 Å². The van der Waals surface area contributed by atoms with E-state index >= 15 is 0 Å². The van der Waals surface area contributed by atoms with Gasteiger partial charge in [-0.25, -0.2) is 4.98 Å². The summed E-state index contributed by atoms with van der Waals surface area (Å²) in [5.74, 6) is 1.30. The molecule has 0 fully saturated rings. The summed E-state index contributed by atoms with van der Waals surface area (Å²) >= 11 is 1.45. The second-order valence-corrected chi connectivity index (χ2v) is 7.57. The summed E-state index contributed by atoms with van der Waals surface area (Å²) in [5.41, 5.74) is 1.55. The second-order valence-electron chi connectivity index (χ2n) is 6.36. The van der Waals surface area contributed by atoms with E-state index < -0.39 is 0 Å². The number of nitrogens with one attached hydrogen (secondary N) is 1. The first-order chi connectivity index (χ1) is 13.0. The zero-order chi connectivity index (χ0) is 19.4. The molecule has 0 radical (unpaired) electrons. The number of likely N-dealkylation sites (N-methyl/N-ethyl adjacent to an activating group) is 1. The number of aryl methyl sites for hydroxylation is 1. The van der Waals surface area contributed by atoms with Crippen LogP contribution in [-0.4, -0.2) is 43.5 Å². The largest absolute Gasteiger partial charge is 0.497 e. The average Bonchev–Trinajstić information content (AvgIpc) is 3.31. The summed E-state index contributed by atoms with van der Waals surface area (Å²) in [6.45, 7) is 2.37. The number of ether oxygens (including phenoxy) is 1. The van der Waals surface area contributed by atoms with Crippen molar-refractivity contribution in [1.29, 1.82) is 0 Å². The number of nitrogens with zero attached hydrogens (tertiary/aromatic N) is 2. The van der Waals surface area contributed by atoms with Crippen molar-refractivity contribution < 1.29 is 13.9 Å². The van der Waals surface area contributed by atoms with Crippen molar-refractivity contribution in [2.45, 2.75) is 13.0 Å². The highest BCUT2D eigenvalue weighted by atomic mass is 32.1. The summed E-state index contributed by atoms with van der Waals surface area (Å²) in [6.07, 6.45) is 1.60. The molecule has 1 atom stereocenters. The Morgan fingerprint density at radius 1 is 1.30 bits per heavy atom. The van der Waals surface area contributed by atoms with E-state index in [1.54, 1.807) is 13.4 Å². The minimum atomic E-state index is -0.179. The fraction of sp³-hybridized carbons (Fsp3) is 0.300. The van der Waals surface area contributed by atoms with Gasteiger partial charge in [0.2, 0.25) is 0 Å². The Labute approximate surface area is 162 Å². The van der Waals surface area contributed by atoms with Crippen molar-refractivity contribution in [3.8, 4) is 16.5 Å². The normalized spacial score (nSPS) is 12.2. The molecule has 0 saturated heterocycles. The number of benzene rings is 1. The van der Waals surface area contributed by atoms with Crippen LogP contribution < -0.4 is 10.1 Å². The molecule has 0 bridgehead atoms. The molecular formula is C20H23N3O3S. The third-order valence-corrected chi connectivity index (χ3v) is 5.31. The van der Waals surface area contributed by atoms with Crippen LogP contribution in [0.25, 0.3) is 10.8 Å². The molecule has 0 aliphatic carbocycles. The lowest BCUT2D eigenvalue weighted by Gasteiger charge is -2.25. The van der Waals surface area contributed by atoms with Crippen LogP contribution in [0.2, 0.25) is 0 Å². The van der Waals surface area contributed by atoms with Crippen LogP contribution in [0.4, 0.5) is 0 Å². The predicted octanol–water partition coefficient (Wildman–Crippen LogP) is 3.75. The number of carbonyl (C=O) groups excluding carboxylic acids is 1. The molecule has 0 spiro atoms. The summed E-state index contributed by atoms with van der Waals surface area (Å²) in [4.78, 5) is 20.1. The van der Waals surface area contributed by atoms with E-state index in [0.29, 0.717) is 23.0 Å². The van der Waals surface area contributed by atoms with Gasteiger partial charge in [-0.3, -0.25) is 4.79 Å². The molecule has 1 amide bonds. The van der Waals surface area contributed by atoms with E-state index in [0.717, 1.165) is 16.2 Å². The van der Waals surface area contributed by atoms with Gasteiger partial charge in [-0.1, -0.05) is 12.1 Å². The molecule has 0 saturated carbocycles. The highest BCUT2D eigenvalue weighted by molar-refractivity contribution is 7.15. The minimum Gasteiger partial charge on any atom is -0.497 e. The van der Waals surface area contributed by atoms with E-state index in [4.69, 9.17) is 9.15 Å². The maximum atomic E-state index is 12.7. The van der Waals surface area contributed by atoms with E-state index in [-0.39, 0.29) is 11.9 Å². The minimum absolute atomic E-state index is 0.0448. The monoisotopic (exact) mass is 385 g/mol. The van der Waals surface area contributed by atoms with E-state index in [2.05, 4.69) is 15.2 Å². The lowest BCUT2D eigenvalue weighted by atomic mass is 10.1. The number of thiazole rings is 1. The molecule has 0 aliphatic rings. The maximum Gasteiger partial charge on any atom is 0.271 e. The molecule has 1 unspecified atom stereocenters. The van der Waals surface area contributed by atoms with Gasteiger partial charge in [-0.15, -0.1) is 11.3 Å². The molecule has 2 aromatic heterocycles. The molecule has 2 heterocycles. The molecule has 1 aromatic carbocycles. The Hall–Kier alpha value is -2.64. The van der Waals surface area contributed by atoms with E-state index in [1.165, 1.54) is 11.3 Å². The molecule has 7 heteroatoms. The van der Waals surface area contributed by atoms with Gasteiger partial charge in [0.15, 0.2) is 10.8 Å². The zero-order valence-electron chi connectivity index (χ0n) is 15.9. The van der Waals surface area contributed by atoms with Crippen LogP contribution in [0.1, 0.15) is 27.0 Å². The average molecular weight is 385 g/mol. The van der Waals surface area contributed by atoms with Crippen molar-refractivity contribution >= 4 is 17.2 Å². The highest BCUT2D eigenvalue weighted by Crippen LogP contribution is 2.28. The van der Waals surface area contributed by atoms with Crippen LogP contribution in [-0.2, 0) is 0 Å². The van der Waals surface area contributed by atoms with Gasteiger partial charge in [0.05, 0.1) is 19.4 Å². The SMILES string of the molecule is COc1ccc(C(CNC(=O)c2nc(-c3ccco3)sc2C)N(C)C)cc1. The first-order valence-corrected chi connectivity index (χ1v) is 9.41. The number of rotatable bonds is 7. The predicted molar refractivity (Wildman–Crippen MR) is 106 cm³/mol. The zero-order valence-corrected chi connectivity index (χ0v) is 16.7. The number of furan rings is 1. The molecule has 142 valence electrons. The van der Waals surface area contributed by atoms with Crippen molar-refractivity contribution in [1.82, 2.24) is 15.2 Å². The standard InChI is InChI=1S/C20H23N3O3S/c1-13-18(22-20(27-13)17-6-5-11-26-17)19(24)21-12-16(23(2)3)14-7-9-15(25-4)10-8-14/h5-11,16H,12H2,1-4H3,(H,21,24). The van der Waals surface area contributed by atoms with Gasteiger partial charge in [0.25, 0.3) is 5.91 Å². The number of carbonyl (C=O) groups is 1. The molecule has 3 rings (SSSR count). The summed E-state index contributed by atoms with van der Waals surface area (Å²) in [5, 5.41) is 3.72. The molecule has 3 aromatic rings. The lowest BCUT2D eigenvalue weighted by Crippen LogP contribution is -2.34. The third-order valence-electron chi connectivity index (χ3n) is 4.32. The summed E-state index contributed by atoms with van der Waals surface area (Å²) in [6, 6.07) is 11.6. The Morgan fingerprint density at radius 3 is 2.63 bits per heavy atom. The quantitative estimate of drug-likeness (QED) is 0.671. The Kier molecular flexibility index (Phi) is 5.93. The highest BCUT2D eigenvalue weighted by Gasteiger charge is 2.20. The molecule has 27 heavy (non-hydrogen) atoms. The number of amides is 1. The number of methoxy groups -OCH3 is 1. The second kappa shape index (κ2) is 8.37. The van der Waals surface area contributed by atoms with E-state index in [1.807, 2.05) is 57.4 Å². The number of hydrogen-bond donors (Lipinski definition) is 1. The molecule has 1 N–H and O–H groups in total. The van der Waals surface area contributed by atoms with Crippen LogP contribution in [0.5, 0.6) is 5.75 Å². The van der Waals surface area contributed by atoms with Crippen LogP contribution >= 0.6 is 11.3 Å². The first kappa shape index (κ1) is 19.1. The van der Waals surface area contributed by atoms with Crippen LogP contribution in [0, 0.1) is 6.92 Å². The topological polar surface area (TPSA) is 67.6 Å². The summed E-state index contributed by atoms with van der Waals surface area (Å²) < 4.78 is 10.6. The summed E-state index contributed by atoms with van der Waals surface area (Å²) in [7, 11) is 5.63. The van der Waals surface area contributed by atoms with Crippen molar-refractivity contribution in [2.75, 3.05) is 27.7 Å². The van der Waals surface area contributed by atoms with Gasteiger partial charge in [0, 0.05) is 11.4 Å². The lowest BCUT2D eigenvalue weighted by molar-refractivity contribution is 0.0937. The Balaban J connectivity index is 1.71. The van der Waals surface area contributed by atoms with Gasteiger partial charge in [0.1, 0.15) is 11.4 Å². The number of hydrogen-bond acceptors (Lipinski definition) is 6. The fourth-order valence-corrected chi connectivity index (χ4v) is 3.69. The van der Waals surface area contributed by atoms with Crippen LogP contribution in [0.3, 0.4) is 0 Å². The number of aromatic nitrogens is 1. The van der Waals surface area contributed by atoms with Crippen molar-refractivity contribution in [3.05, 3.63) is 58.8 Å². The molecular weight excluding hydrogens is 362 g/mol. The third kappa shape index (κ3) is 4.37. The first-order valence-electron chi connectivity index (χ1n) is 8.59. The van der Waals surface area contributed by atoms with Gasteiger partial charge in [-0.2, -0.15) is 0 Å². The molecule has 0 aliphatic heterocycles. The van der Waals surface area contributed by atoms with Crippen LogP contribution in [0.15, 0.2) is 47.1 Å². The van der Waals surface area contributed by atoms with Crippen molar-refractivity contribution in [2.24, 2.45) is 0 Å². The fourth-order valence-electron chi connectivity index (χ4n) is 2.81. The van der Waals surface area contributed by atoms with E-state index in [9.17, 15) is 4.79 Å². The maximum absolute atomic E-state index is 12.7. The molecule has 6 nitrogen and oxygen atoms in total. The van der Waals surface area contributed by atoms with Gasteiger partial charge in [-0.05, 0) is 50.8 Å². The van der Waals surface area contributed by atoms with Gasteiger partial charge < -0.3 is 19.4 Å². The Morgan fingerprint density at radius 2 is 2.04 bits per heavy atom. The Bertz CT molecular complexity index is 886.